The molecule has 1 aliphatic rings. The molecule has 0 radical (unpaired) electrons. The number of amides is 2. The number of nitrogens with zero attached hydrogens (tertiary/aromatic N) is 1. The lowest BCUT2D eigenvalue weighted by Crippen LogP contribution is -2.43. The van der Waals surface area contributed by atoms with E-state index >= 15 is 0 Å². The van der Waals surface area contributed by atoms with Gasteiger partial charge in [0, 0.05) is 24.2 Å². The van der Waals surface area contributed by atoms with Crippen LogP contribution in [0.4, 0.5) is 10.1 Å². The second-order valence-electron chi connectivity index (χ2n) is 7.17. The summed E-state index contributed by atoms with van der Waals surface area (Å²) in [6, 6.07) is 13.3. The van der Waals surface area contributed by atoms with Crippen molar-refractivity contribution in [2.75, 3.05) is 32.1 Å². The normalized spacial score (nSPS) is 15.0. The van der Waals surface area contributed by atoms with Gasteiger partial charge in [0.15, 0.2) is 0 Å². The number of likely N-dealkylation sites (tertiary alicyclic amines) is 1. The smallest absolute Gasteiger partial charge is 0.238 e. The minimum absolute atomic E-state index is 0.00908. The van der Waals surface area contributed by atoms with E-state index in [0.717, 1.165) is 5.56 Å². The molecule has 3 rings (SSSR count). The van der Waals surface area contributed by atoms with Crippen molar-refractivity contribution in [1.82, 2.24) is 10.2 Å². The Morgan fingerprint density at radius 1 is 1.14 bits per heavy atom. The first-order valence-electron chi connectivity index (χ1n) is 9.72. The van der Waals surface area contributed by atoms with E-state index in [1.54, 1.807) is 25.3 Å². The fraction of sp³-hybridized carbons (Fsp3) is 0.364. The maximum absolute atomic E-state index is 12.9. The molecule has 6 nitrogen and oxygen atoms in total. The molecule has 1 heterocycles. The second kappa shape index (κ2) is 10.0. The average Bonchev–Trinajstić information content (AvgIpc) is 2.73. The van der Waals surface area contributed by atoms with Gasteiger partial charge in [-0.05, 0) is 55.8 Å². The molecule has 2 aromatic rings. The molecule has 0 bridgehead atoms. The van der Waals surface area contributed by atoms with Crippen LogP contribution < -0.4 is 15.4 Å². The van der Waals surface area contributed by atoms with Crippen molar-refractivity contribution in [3.05, 3.63) is 59.9 Å². The highest BCUT2D eigenvalue weighted by molar-refractivity contribution is 5.92. The molecular formula is C22H26FN3O3. The van der Waals surface area contributed by atoms with Crippen LogP contribution in [0.1, 0.15) is 18.4 Å². The molecule has 2 aromatic carbocycles. The van der Waals surface area contributed by atoms with E-state index in [2.05, 4.69) is 15.5 Å². The summed E-state index contributed by atoms with van der Waals surface area (Å²) in [5.41, 5.74) is 1.57. The third kappa shape index (κ3) is 6.29. The zero-order chi connectivity index (χ0) is 20.6. The quantitative estimate of drug-likeness (QED) is 0.751. The number of anilines is 1. The largest absolute Gasteiger partial charge is 0.497 e. The number of nitrogens with one attached hydrogen (secondary N) is 2. The van der Waals surface area contributed by atoms with E-state index in [0.29, 0.717) is 50.5 Å². The first-order valence-corrected chi connectivity index (χ1v) is 9.72. The number of carbonyl (C=O) groups is 2. The summed E-state index contributed by atoms with van der Waals surface area (Å²) in [6.07, 6.45) is 1.42. The number of hydrogen-bond donors (Lipinski definition) is 2. The van der Waals surface area contributed by atoms with Crippen molar-refractivity contribution in [2.24, 2.45) is 5.92 Å². The van der Waals surface area contributed by atoms with Crippen LogP contribution in [0.25, 0.3) is 0 Å². The van der Waals surface area contributed by atoms with E-state index in [-0.39, 0.29) is 23.5 Å². The van der Waals surface area contributed by atoms with E-state index in [1.807, 2.05) is 18.2 Å². The van der Waals surface area contributed by atoms with E-state index < -0.39 is 0 Å². The standard InChI is InChI=1S/C22H26FN3O3/c1-29-20-4-2-3-19(13-20)25-21(27)15-26-11-9-17(10-12-26)22(28)24-14-16-5-7-18(23)8-6-16/h2-8,13,17H,9-12,14-15H2,1H3,(H,24,28)(H,25,27). The van der Waals surface area contributed by atoms with Crippen LogP contribution in [0.3, 0.4) is 0 Å². The molecule has 0 aromatic heterocycles. The monoisotopic (exact) mass is 399 g/mol. The van der Waals surface area contributed by atoms with Crippen LogP contribution in [0.5, 0.6) is 5.75 Å². The topological polar surface area (TPSA) is 70.7 Å². The zero-order valence-corrected chi connectivity index (χ0v) is 16.5. The van der Waals surface area contributed by atoms with Crippen LogP contribution in [0.2, 0.25) is 0 Å². The van der Waals surface area contributed by atoms with Gasteiger partial charge in [0.2, 0.25) is 11.8 Å². The number of methoxy groups -OCH3 is 1. The predicted molar refractivity (Wildman–Crippen MR) is 109 cm³/mol. The summed E-state index contributed by atoms with van der Waals surface area (Å²) in [5, 5.41) is 5.79. The summed E-state index contributed by atoms with van der Waals surface area (Å²) in [5.74, 6) is 0.263. The van der Waals surface area contributed by atoms with Crippen LogP contribution in [-0.2, 0) is 16.1 Å². The lowest BCUT2D eigenvalue weighted by molar-refractivity contribution is -0.126. The Balaban J connectivity index is 1.39. The van der Waals surface area contributed by atoms with Crippen molar-refractivity contribution < 1.29 is 18.7 Å². The molecule has 154 valence electrons. The van der Waals surface area contributed by atoms with Gasteiger partial charge in [-0.15, -0.1) is 0 Å². The molecule has 0 aliphatic carbocycles. The molecule has 2 amide bonds. The number of benzene rings is 2. The molecule has 0 atom stereocenters. The third-order valence-electron chi connectivity index (χ3n) is 5.06. The summed E-state index contributed by atoms with van der Waals surface area (Å²) >= 11 is 0. The fourth-order valence-electron chi connectivity index (χ4n) is 3.39. The lowest BCUT2D eigenvalue weighted by Gasteiger charge is -2.30. The molecule has 1 saturated heterocycles. The van der Waals surface area contributed by atoms with Crippen LogP contribution in [-0.4, -0.2) is 43.5 Å². The van der Waals surface area contributed by atoms with Gasteiger partial charge in [0.1, 0.15) is 11.6 Å². The highest BCUT2D eigenvalue weighted by Gasteiger charge is 2.25. The highest BCUT2D eigenvalue weighted by Crippen LogP contribution is 2.19. The van der Waals surface area contributed by atoms with Gasteiger partial charge in [0.05, 0.1) is 13.7 Å². The maximum atomic E-state index is 12.9. The van der Waals surface area contributed by atoms with Crippen molar-refractivity contribution in [2.45, 2.75) is 19.4 Å². The Morgan fingerprint density at radius 2 is 1.86 bits per heavy atom. The minimum Gasteiger partial charge on any atom is -0.497 e. The van der Waals surface area contributed by atoms with Crippen LogP contribution in [0, 0.1) is 11.7 Å². The van der Waals surface area contributed by atoms with E-state index in [1.165, 1.54) is 12.1 Å². The van der Waals surface area contributed by atoms with Crippen molar-refractivity contribution in [3.8, 4) is 5.75 Å². The number of halogens is 1. The Morgan fingerprint density at radius 3 is 2.55 bits per heavy atom. The van der Waals surface area contributed by atoms with Gasteiger partial charge in [0.25, 0.3) is 0 Å². The molecule has 0 unspecified atom stereocenters. The average molecular weight is 399 g/mol. The fourth-order valence-corrected chi connectivity index (χ4v) is 3.39. The van der Waals surface area contributed by atoms with Gasteiger partial charge in [-0.1, -0.05) is 18.2 Å². The van der Waals surface area contributed by atoms with Crippen LogP contribution in [0.15, 0.2) is 48.5 Å². The number of carbonyl (C=O) groups excluding carboxylic acids is 2. The van der Waals surface area contributed by atoms with Crippen LogP contribution >= 0.6 is 0 Å². The number of ether oxygens (including phenoxy) is 1. The van der Waals surface area contributed by atoms with Gasteiger partial charge < -0.3 is 15.4 Å². The van der Waals surface area contributed by atoms with Crippen molar-refractivity contribution >= 4 is 17.5 Å². The maximum Gasteiger partial charge on any atom is 0.238 e. The van der Waals surface area contributed by atoms with E-state index in [4.69, 9.17) is 4.74 Å². The van der Waals surface area contributed by atoms with Crippen molar-refractivity contribution in [1.29, 1.82) is 0 Å². The van der Waals surface area contributed by atoms with Gasteiger partial charge in [-0.3, -0.25) is 14.5 Å². The Labute approximate surface area is 170 Å². The molecule has 1 fully saturated rings. The molecule has 1 aliphatic heterocycles. The second-order valence-corrected chi connectivity index (χ2v) is 7.17. The van der Waals surface area contributed by atoms with Gasteiger partial charge >= 0.3 is 0 Å². The Kier molecular flexibility index (Phi) is 7.19. The summed E-state index contributed by atoms with van der Waals surface area (Å²) in [7, 11) is 1.58. The number of rotatable bonds is 7. The summed E-state index contributed by atoms with van der Waals surface area (Å²) in [4.78, 5) is 26.7. The summed E-state index contributed by atoms with van der Waals surface area (Å²) < 4.78 is 18.1. The predicted octanol–water partition coefficient (Wildman–Crippen LogP) is 2.80. The van der Waals surface area contributed by atoms with E-state index in [9.17, 15) is 14.0 Å². The van der Waals surface area contributed by atoms with Gasteiger partial charge in [-0.25, -0.2) is 4.39 Å². The molecule has 0 spiro atoms. The number of hydrogen-bond acceptors (Lipinski definition) is 4. The SMILES string of the molecule is COc1cccc(NC(=O)CN2CCC(C(=O)NCc3ccc(F)cc3)CC2)c1. The first kappa shape index (κ1) is 20.8. The third-order valence-corrected chi connectivity index (χ3v) is 5.06. The highest BCUT2D eigenvalue weighted by atomic mass is 19.1. The first-order chi connectivity index (χ1) is 14.0. The molecule has 2 N–H and O–H groups in total. The zero-order valence-electron chi connectivity index (χ0n) is 16.5. The molecule has 7 heteroatoms. The molecule has 0 saturated carbocycles. The molecular weight excluding hydrogens is 373 g/mol. The number of piperidine rings is 1. The lowest BCUT2D eigenvalue weighted by atomic mass is 9.96. The Hall–Kier alpha value is -2.93. The Bertz CT molecular complexity index is 833. The van der Waals surface area contributed by atoms with Crippen molar-refractivity contribution in [3.63, 3.8) is 0 Å². The minimum atomic E-state index is -0.289. The van der Waals surface area contributed by atoms with Gasteiger partial charge in [-0.2, -0.15) is 0 Å². The summed E-state index contributed by atoms with van der Waals surface area (Å²) in [6.45, 7) is 2.07. The molecule has 29 heavy (non-hydrogen) atoms.